The fraction of sp³-hybridized carbons (Fsp3) is 0.105. The maximum Gasteiger partial charge on any atom is 0.257 e. The molecule has 8 heteroatoms. The van der Waals surface area contributed by atoms with Crippen LogP contribution in [0.4, 0.5) is 5.13 Å². The number of aromatic nitrogens is 2. The van der Waals surface area contributed by atoms with Gasteiger partial charge in [0, 0.05) is 16.0 Å². The van der Waals surface area contributed by atoms with E-state index in [1.165, 1.54) is 11.3 Å². The van der Waals surface area contributed by atoms with Crippen molar-refractivity contribution in [3.63, 3.8) is 0 Å². The lowest BCUT2D eigenvalue weighted by atomic mass is 10.2. The first kappa shape index (κ1) is 17.9. The van der Waals surface area contributed by atoms with Gasteiger partial charge in [-0.3, -0.25) is 10.1 Å². The molecule has 0 atom stereocenters. The van der Waals surface area contributed by atoms with Crippen LogP contribution in [0.3, 0.4) is 0 Å². The second kappa shape index (κ2) is 7.64. The van der Waals surface area contributed by atoms with Crippen molar-refractivity contribution in [2.24, 2.45) is 0 Å². The van der Waals surface area contributed by atoms with Crippen LogP contribution in [0.15, 0.2) is 47.8 Å². The van der Waals surface area contributed by atoms with Gasteiger partial charge in [0.2, 0.25) is 0 Å². The molecule has 136 valence electrons. The average Bonchev–Trinajstić information content (AvgIpc) is 3.25. The van der Waals surface area contributed by atoms with Crippen LogP contribution in [0.1, 0.15) is 21.1 Å². The van der Waals surface area contributed by atoms with Crippen LogP contribution in [-0.2, 0) is 6.61 Å². The number of nitrogens with zero attached hydrogens (tertiary/aromatic N) is 2. The van der Waals surface area contributed by atoms with Gasteiger partial charge in [-0.15, -0.1) is 11.3 Å². The average molecular weight is 416 g/mol. The number of nitrogens with one attached hydrogen (secondary N) is 1. The predicted octanol–water partition coefficient (Wildman–Crippen LogP) is 5.55. The van der Waals surface area contributed by atoms with Gasteiger partial charge in [-0.25, -0.2) is 9.97 Å². The molecular weight excluding hydrogens is 402 g/mol. The highest BCUT2D eigenvalue weighted by molar-refractivity contribution is 7.22. The first-order valence-corrected chi connectivity index (χ1v) is 10.2. The summed E-state index contributed by atoms with van der Waals surface area (Å²) >= 11 is 8.96. The molecule has 2 heterocycles. The molecule has 0 aliphatic carbocycles. The number of amides is 1. The molecule has 0 bridgehead atoms. The molecule has 1 amide bonds. The van der Waals surface area contributed by atoms with Gasteiger partial charge in [0.15, 0.2) is 5.13 Å². The van der Waals surface area contributed by atoms with Gasteiger partial charge < -0.3 is 4.74 Å². The molecule has 4 aromatic rings. The summed E-state index contributed by atoms with van der Waals surface area (Å²) in [4.78, 5) is 21.3. The Labute approximate surface area is 168 Å². The van der Waals surface area contributed by atoms with Gasteiger partial charge in [-0.2, -0.15) is 0 Å². The van der Waals surface area contributed by atoms with E-state index in [0.29, 0.717) is 28.1 Å². The molecule has 0 spiro atoms. The fourth-order valence-corrected chi connectivity index (χ4v) is 4.21. The minimum atomic E-state index is -0.241. The monoisotopic (exact) mass is 415 g/mol. The Morgan fingerprint density at radius 2 is 2.11 bits per heavy atom. The largest absolute Gasteiger partial charge is 0.487 e. The maximum atomic E-state index is 12.6. The highest BCUT2D eigenvalue weighted by Crippen LogP contribution is 2.28. The van der Waals surface area contributed by atoms with Crippen molar-refractivity contribution in [2.75, 3.05) is 5.32 Å². The fourth-order valence-electron chi connectivity index (χ4n) is 2.48. The Balaban J connectivity index is 1.46. The summed E-state index contributed by atoms with van der Waals surface area (Å²) in [6.07, 6.45) is 0. The zero-order valence-corrected chi connectivity index (χ0v) is 16.6. The Bertz CT molecular complexity index is 1120. The number of aryl methyl sites for hydroxylation is 1. The van der Waals surface area contributed by atoms with E-state index >= 15 is 0 Å². The van der Waals surface area contributed by atoms with Crippen molar-refractivity contribution in [3.05, 3.63) is 69.1 Å². The Morgan fingerprint density at radius 1 is 1.22 bits per heavy atom. The van der Waals surface area contributed by atoms with Gasteiger partial charge in [0.1, 0.15) is 12.4 Å². The lowest BCUT2D eigenvalue weighted by Gasteiger charge is -2.06. The minimum Gasteiger partial charge on any atom is -0.487 e. The van der Waals surface area contributed by atoms with E-state index in [2.05, 4.69) is 15.3 Å². The third kappa shape index (κ3) is 4.27. The van der Waals surface area contributed by atoms with E-state index in [1.54, 1.807) is 35.6 Å². The van der Waals surface area contributed by atoms with Crippen molar-refractivity contribution >= 4 is 55.5 Å². The molecule has 2 aromatic carbocycles. The number of carbonyl (C=O) groups excluding carboxylic acids is 1. The zero-order valence-electron chi connectivity index (χ0n) is 14.2. The highest BCUT2D eigenvalue weighted by atomic mass is 35.5. The summed E-state index contributed by atoms with van der Waals surface area (Å²) in [6, 6.07) is 12.5. The molecule has 1 N–H and O–H groups in total. The number of carbonyl (C=O) groups is 1. The van der Waals surface area contributed by atoms with Gasteiger partial charge in [0.05, 0.1) is 20.9 Å². The van der Waals surface area contributed by atoms with E-state index in [1.807, 2.05) is 30.5 Å². The first-order valence-electron chi connectivity index (χ1n) is 8.08. The summed E-state index contributed by atoms with van der Waals surface area (Å²) in [6.45, 7) is 2.32. The quantitative estimate of drug-likeness (QED) is 0.464. The predicted molar refractivity (Wildman–Crippen MR) is 110 cm³/mol. The normalized spacial score (nSPS) is 10.9. The van der Waals surface area contributed by atoms with Crippen LogP contribution in [0, 0.1) is 6.92 Å². The van der Waals surface area contributed by atoms with Crippen molar-refractivity contribution in [2.45, 2.75) is 13.5 Å². The first-order chi connectivity index (χ1) is 13.1. The van der Waals surface area contributed by atoms with Gasteiger partial charge in [-0.05, 0) is 43.3 Å². The Morgan fingerprint density at radius 3 is 2.93 bits per heavy atom. The maximum absolute atomic E-state index is 12.6. The molecule has 0 radical (unpaired) electrons. The van der Waals surface area contributed by atoms with Gasteiger partial charge in [-0.1, -0.05) is 29.0 Å². The molecule has 0 unspecified atom stereocenters. The molecule has 5 nitrogen and oxygen atoms in total. The Kier molecular flexibility index (Phi) is 5.07. The second-order valence-corrected chi connectivity index (χ2v) is 8.29. The van der Waals surface area contributed by atoms with Crippen LogP contribution < -0.4 is 10.1 Å². The van der Waals surface area contributed by atoms with Crippen LogP contribution in [-0.4, -0.2) is 15.9 Å². The molecule has 0 saturated heterocycles. The van der Waals surface area contributed by atoms with E-state index in [4.69, 9.17) is 16.3 Å². The summed E-state index contributed by atoms with van der Waals surface area (Å²) in [5.41, 5.74) is 2.18. The molecular formula is C19H14ClN3O2S2. The molecule has 0 aliphatic heterocycles. The summed E-state index contributed by atoms with van der Waals surface area (Å²) in [5.74, 6) is 0.375. The zero-order chi connectivity index (χ0) is 18.8. The van der Waals surface area contributed by atoms with Crippen LogP contribution in [0.25, 0.3) is 10.2 Å². The number of fused-ring (bicyclic) bond motifs is 1. The number of hydrogen-bond donors (Lipinski definition) is 1. The van der Waals surface area contributed by atoms with Crippen molar-refractivity contribution in [1.29, 1.82) is 0 Å². The number of thiazole rings is 2. The summed E-state index contributed by atoms with van der Waals surface area (Å²) in [5, 5.41) is 6.97. The molecule has 4 rings (SSSR count). The molecule has 27 heavy (non-hydrogen) atoms. The minimum absolute atomic E-state index is 0.241. The van der Waals surface area contributed by atoms with Crippen molar-refractivity contribution in [1.82, 2.24) is 9.97 Å². The molecule has 0 aliphatic rings. The number of hydrogen-bond acceptors (Lipinski definition) is 6. The van der Waals surface area contributed by atoms with E-state index in [9.17, 15) is 4.79 Å². The molecule has 0 saturated carbocycles. The summed E-state index contributed by atoms with van der Waals surface area (Å²) < 4.78 is 6.67. The SMILES string of the molecule is Cc1nc(COc2cccc(C(=O)Nc3nc4ccc(Cl)cc4s3)c2)cs1. The lowest BCUT2D eigenvalue weighted by molar-refractivity contribution is 0.102. The molecule has 2 aromatic heterocycles. The Hall–Kier alpha value is -2.48. The standard InChI is InChI=1S/C19H14ClN3O2S2/c1-11-21-14(10-26-11)9-25-15-4-2-3-12(7-15)18(24)23-19-22-16-6-5-13(20)8-17(16)27-19/h2-8,10H,9H2,1H3,(H,22,23,24). The second-order valence-electron chi connectivity index (χ2n) is 5.76. The number of benzene rings is 2. The van der Waals surface area contributed by atoms with Crippen molar-refractivity contribution < 1.29 is 9.53 Å². The van der Waals surface area contributed by atoms with Crippen LogP contribution in [0.2, 0.25) is 5.02 Å². The number of rotatable bonds is 5. The van der Waals surface area contributed by atoms with Gasteiger partial charge in [0.25, 0.3) is 5.91 Å². The smallest absolute Gasteiger partial charge is 0.257 e. The van der Waals surface area contributed by atoms with E-state index in [-0.39, 0.29) is 5.91 Å². The number of anilines is 1. The third-order valence-electron chi connectivity index (χ3n) is 3.72. The number of ether oxygens (including phenoxy) is 1. The summed E-state index contributed by atoms with van der Waals surface area (Å²) in [7, 11) is 0. The van der Waals surface area contributed by atoms with Gasteiger partial charge >= 0.3 is 0 Å². The van der Waals surface area contributed by atoms with E-state index in [0.717, 1.165) is 20.9 Å². The van der Waals surface area contributed by atoms with Crippen LogP contribution in [0.5, 0.6) is 5.75 Å². The van der Waals surface area contributed by atoms with Crippen LogP contribution >= 0.6 is 34.3 Å². The van der Waals surface area contributed by atoms with Crippen molar-refractivity contribution in [3.8, 4) is 5.75 Å². The topological polar surface area (TPSA) is 64.1 Å². The highest BCUT2D eigenvalue weighted by Gasteiger charge is 2.11. The molecule has 0 fully saturated rings. The lowest BCUT2D eigenvalue weighted by Crippen LogP contribution is -2.11. The third-order valence-corrected chi connectivity index (χ3v) is 5.71. The van der Waals surface area contributed by atoms with E-state index < -0.39 is 0 Å². The number of halogens is 1.